The van der Waals surface area contributed by atoms with Crippen LogP contribution >= 0.6 is 0 Å². The molecule has 1 aliphatic heterocycles. The standard InChI is InChI=1S/C15H21N3O2/c1-11-6-4-5-7-12(11)13-10-14(20-17-13)15(19)16-8-9-18(2)3/h4-7,14H,8-10H2,1-3H3,(H,16,19)/t14-/m1/s1. The van der Waals surface area contributed by atoms with Crippen molar-refractivity contribution in [3.05, 3.63) is 35.4 Å². The average Bonchev–Trinajstić information content (AvgIpc) is 2.88. The van der Waals surface area contributed by atoms with Gasteiger partial charge in [-0.15, -0.1) is 0 Å². The second kappa shape index (κ2) is 6.52. The molecule has 108 valence electrons. The van der Waals surface area contributed by atoms with Gasteiger partial charge in [-0.1, -0.05) is 29.4 Å². The zero-order valence-electron chi connectivity index (χ0n) is 12.2. The van der Waals surface area contributed by atoms with Gasteiger partial charge in [-0.05, 0) is 26.6 Å². The Morgan fingerprint density at radius 2 is 2.20 bits per heavy atom. The van der Waals surface area contributed by atoms with Crippen LogP contribution in [0.5, 0.6) is 0 Å². The summed E-state index contributed by atoms with van der Waals surface area (Å²) in [6, 6.07) is 7.99. The molecule has 5 nitrogen and oxygen atoms in total. The molecular weight excluding hydrogens is 254 g/mol. The lowest BCUT2D eigenvalue weighted by atomic mass is 10.0. The van der Waals surface area contributed by atoms with Crippen LogP contribution in [0.25, 0.3) is 0 Å². The normalized spacial score (nSPS) is 17.8. The number of nitrogens with zero attached hydrogens (tertiary/aromatic N) is 2. The van der Waals surface area contributed by atoms with E-state index in [4.69, 9.17) is 4.84 Å². The zero-order valence-corrected chi connectivity index (χ0v) is 12.2. The molecule has 0 spiro atoms. The molecule has 1 atom stereocenters. The molecule has 20 heavy (non-hydrogen) atoms. The van der Waals surface area contributed by atoms with Gasteiger partial charge < -0.3 is 15.1 Å². The number of nitrogens with one attached hydrogen (secondary N) is 1. The van der Waals surface area contributed by atoms with Gasteiger partial charge in [0.2, 0.25) is 6.10 Å². The molecule has 2 rings (SSSR count). The minimum atomic E-state index is -0.508. The third-order valence-corrected chi connectivity index (χ3v) is 3.28. The first-order valence-electron chi connectivity index (χ1n) is 6.79. The quantitative estimate of drug-likeness (QED) is 0.877. The number of amides is 1. The maximum Gasteiger partial charge on any atom is 0.264 e. The van der Waals surface area contributed by atoms with Crippen molar-refractivity contribution < 1.29 is 9.63 Å². The SMILES string of the molecule is Cc1ccccc1C1=NO[C@@H](C(=O)NCCN(C)C)C1. The lowest BCUT2D eigenvalue weighted by Crippen LogP contribution is -2.38. The number of hydrogen-bond donors (Lipinski definition) is 1. The Morgan fingerprint density at radius 1 is 1.45 bits per heavy atom. The molecule has 1 aromatic carbocycles. The highest BCUT2D eigenvalue weighted by Crippen LogP contribution is 2.19. The summed E-state index contributed by atoms with van der Waals surface area (Å²) in [4.78, 5) is 19.2. The van der Waals surface area contributed by atoms with Gasteiger partial charge in [-0.3, -0.25) is 4.79 Å². The number of hydrogen-bond acceptors (Lipinski definition) is 4. The van der Waals surface area contributed by atoms with Crippen molar-refractivity contribution in [3.8, 4) is 0 Å². The Hall–Kier alpha value is -1.88. The van der Waals surface area contributed by atoms with Gasteiger partial charge in [-0.25, -0.2) is 0 Å². The highest BCUT2D eigenvalue weighted by molar-refractivity contribution is 6.04. The molecule has 0 saturated heterocycles. The van der Waals surface area contributed by atoms with Gasteiger partial charge in [0.1, 0.15) is 0 Å². The molecule has 0 saturated carbocycles. The van der Waals surface area contributed by atoms with Crippen LogP contribution in [0.15, 0.2) is 29.4 Å². The smallest absolute Gasteiger partial charge is 0.264 e. The fraction of sp³-hybridized carbons (Fsp3) is 0.467. The van der Waals surface area contributed by atoms with E-state index >= 15 is 0 Å². The summed E-state index contributed by atoms with van der Waals surface area (Å²) >= 11 is 0. The molecule has 0 bridgehead atoms. The lowest BCUT2D eigenvalue weighted by Gasteiger charge is -2.12. The first-order valence-corrected chi connectivity index (χ1v) is 6.79. The Labute approximate surface area is 119 Å². The zero-order chi connectivity index (χ0) is 14.5. The highest BCUT2D eigenvalue weighted by atomic mass is 16.6. The van der Waals surface area contributed by atoms with E-state index in [2.05, 4.69) is 10.5 Å². The van der Waals surface area contributed by atoms with Crippen molar-refractivity contribution >= 4 is 11.6 Å². The molecule has 1 aromatic rings. The summed E-state index contributed by atoms with van der Waals surface area (Å²) in [5, 5.41) is 6.92. The van der Waals surface area contributed by atoms with Gasteiger partial charge in [0, 0.05) is 25.1 Å². The molecule has 0 aliphatic carbocycles. The van der Waals surface area contributed by atoms with Crippen LogP contribution in [0.1, 0.15) is 17.5 Å². The fourth-order valence-corrected chi connectivity index (χ4v) is 2.09. The van der Waals surface area contributed by atoms with Crippen LogP contribution in [-0.4, -0.2) is 49.8 Å². The fourth-order valence-electron chi connectivity index (χ4n) is 2.09. The molecule has 5 heteroatoms. The average molecular weight is 275 g/mol. The largest absolute Gasteiger partial charge is 0.382 e. The summed E-state index contributed by atoms with van der Waals surface area (Å²) in [6.07, 6.45) is 0.0188. The van der Waals surface area contributed by atoms with Crippen molar-refractivity contribution in [1.82, 2.24) is 10.2 Å². The van der Waals surface area contributed by atoms with E-state index in [0.29, 0.717) is 13.0 Å². The minimum Gasteiger partial charge on any atom is -0.382 e. The molecule has 0 fully saturated rings. The van der Waals surface area contributed by atoms with E-state index in [-0.39, 0.29) is 5.91 Å². The van der Waals surface area contributed by atoms with Crippen LogP contribution in [-0.2, 0) is 9.63 Å². The first-order chi connectivity index (χ1) is 9.58. The van der Waals surface area contributed by atoms with Crippen molar-refractivity contribution in [2.45, 2.75) is 19.4 Å². The molecule has 1 amide bonds. The number of aryl methyl sites for hydroxylation is 1. The van der Waals surface area contributed by atoms with Gasteiger partial charge in [0.15, 0.2) is 0 Å². The maximum absolute atomic E-state index is 12.0. The van der Waals surface area contributed by atoms with E-state index in [0.717, 1.165) is 23.4 Å². The Morgan fingerprint density at radius 3 is 2.90 bits per heavy atom. The first kappa shape index (κ1) is 14.5. The molecule has 1 N–H and O–H groups in total. The van der Waals surface area contributed by atoms with E-state index in [1.54, 1.807) is 0 Å². The van der Waals surface area contributed by atoms with Crippen LogP contribution in [0.3, 0.4) is 0 Å². The van der Waals surface area contributed by atoms with Gasteiger partial charge in [-0.2, -0.15) is 0 Å². The maximum atomic E-state index is 12.0. The summed E-state index contributed by atoms with van der Waals surface area (Å²) in [5.74, 6) is -0.0980. The van der Waals surface area contributed by atoms with Crippen molar-refractivity contribution in [2.75, 3.05) is 27.2 Å². The van der Waals surface area contributed by atoms with Gasteiger partial charge >= 0.3 is 0 Å². The second-order valence-corrected chi connectivity index (χ2v) is 5.25. The summed E-state index contributed by atoms with van der Waals surface area (Å²) in [6.45, 7) is 3.46. The predicted molar refractivity (Wildman–Crippen MR) is 78.8 cm³/mol. The highest BCUT2D eigenvalue weighted by Gasteiger charge is 2.28. The van der Waals surface area contributed by atoms with Crippen molar-refractivity contribution in [2.24, 2.45) is 5.16 Å². The van der Waals surface area contributed by atoms with E-state index < -0.39 is 6.10 Å². The number of oxime groups is 1. The third-order valence-electron chi connectivity index (χ3n) is 3.28. The van der Waals surface area contributed by atoms with E-state index in [1.165, 1.54) is 0 Å². The lowest BCUT2D eigenvalue weighted by molar-refractivity contribution is -0.131. The predicted octanol–water partition coefficient (Wildman–Crippen LogP) is 1.17. The molecule has 0 unspecified atom stereocenters. The molecular formula is C15H21N3O2. The number of carbonyl (C=O) groups is 1. The summed E-state index contributed by atoms with van der Waals surface area (Å²) in [5.41, 5.74) is 3.04. The van der Waals surface area contributed by atoms with E-state index in [9.17, 15) is 4.79 Å². The number of rotatable bonds is 5. The molecule has 0 radical (unpaired) electrons. The summed E-state index contributed by atoms with van der Waals surface area (Å²) < 4.78 is 0. The third kappa shape index (κ3) is 3.57. The number of likely N-dealkylation sites (N-methyl/N-ethyl adjacent to an activating group) is 1. The van der Waals surface area contributed by atoms with Crippen LogP contribution in [0.4, 0.5) is 0 Å². The Bertz CT molecular complexity index is 512. The van der Waals surface area contributed by atoms with Crippen molar-refractivity contribution in [1.29, 1.82) is 0 Å². The van der Waals surface area contributed by atoms with Crippen molar-refractivity contribution in [3.63, 3.8) is 0 Å². The topological polar surface area (TPSA) is 53.9 Å². The monoisotopic (exact) mass is 275 g/mol. The molecule has 0 aromatic heterocycles. The Balaban J connectivity index is 1.88. The van der Waals surface area contributed by atoms with Crippen LogP contribution < -0.4 is 5.32 Å². The number of carbonyl (C=O) groups excluding carboxylic acids is 1. The molecule has 1 heterocycles. The second-order valence-electron chi connectivity index (χ2n) is 5.25. The minimum absolute atomic E-state index is 0.0980. The molecule has 1 aliphatic rings. The van der Waals surface area contributed by atoms with Crippen LogP contribution in [0.2, 0.25) is 0 Å². The van der Waals surface area contributed by atoms with Crippen LogP contribution in [0, 0.1) is 6.92 Å². The number of benzene rings is 1. The van der Waals surface area contributed by atoms with Gasteiger partial charge in [0.05, 0.1) is 5.71 Å². The van der Waals surface area contributed by atoms with E-state index in [1.807, 2.05) is 50.2 Å². The summed E-state index contributed by atoms with van der Waals surface area (Å²) in [7, 11) is 3.94. The van der Waals surface area contributed by atoms with Gasteiger partial charge in [0.25, 0.3) is 5.91 Å². The Kier molecular flexibility index (Phi) is 4.74.